The Balaban J connectivity index is 1.86. The highest BCUT2D eigenvalue weighted by atomic mass is 16.5. The maximum Gasteiger partial charge on any atom is 0.227 e. The lowest BCUT2D eigenvalue weighted by molar-refractivity contribution is -0.132. The lowest BCUT2D eigenvalue weighted by Gasteiger charge is -2.29. The zero-order valence-corrected chi connectivity index (χ0v) is 12.8. The van der Waals surface area contributed by atoms with Gasteiger partial charge in [-0.3, -0.25) is 4.79 Å². The number of hydrogen-bond donors (Lipinski definition) is 0. The fraction of sp³-hybridized carbons (Fsp3) is 0.278. The van der Waals surface area contributed by atoms with E-state index in [1.807, 2.05) is 47.4 Å². The number of nitrogens with zero attached hydrogens (tertiary/aromatic N) is 1. The normalized spacial score (nSPS) is 13.7. The van der Waals surface area contributed by atoms with Crippen LogP contribution in [0.5, 0.6) is 11.5 Å². The van der Waals surface area contributed by atoms with E-state index < -0.39 is 0 Å². The molecule has 0 fully saturated rings. The molecule has 0 aliphatic carbocycles. The van der Waals surface area contributed by atoms with E-state index in [1.165, 1.54) is 0 Å². The van der Waals surface area contributed by atoms with Gasteiger partial charge >= 0.3 is 0 Å². The molecule has 1 amide bonds. The van der Waals surface area contributed by atoms with Gasteiger partial charge in [-0.2, -0.15) is 0 Å². The van der Waals surface area contributed by atoms with Gasteiger partial charge in [0.25, 0.3) is 0 Å². The van der Waals surface area contributed by atoms with Crippen LogP contribution in [0.3, 0.4) is 0 Å². The average Bonchev–Trinajstić information content (AvgIpc) is 2.55. The Labute approximate surface area is 130 Å². The lowest BCUT2D eigenvalue weighted by atomic mass is 9.97. The molecule has 2 aromatic rings. The van der Waals surface area contributed by atoms with Crippen molar-refractivity contribution in [1.82, 2.24) is 4.90 Å². The van der Waals surface area contributed by atoms with E-state index in [4.69, 9.17) is 9.47 Å². The minimum absolute atomic E-state index is 0.142. The summed E-state index contributed by atoms with van der Waals surface area (Å²) < 4.78 is 10.7. The summed E-state index contributed by atoms with van der Waals surface area (Å²) in [6, 6.07) is 13.9. The van der Waals surface area contributed by atoms with E-state index in [-0.39, 0.29) is 5.91 Å². The summed E-state index contributed by atoms with van der Waals surface area (Å²) >= 11 is 0. The van der Waals surface area contributed by atoms with Crippen molar-refractivity contribution in [3.63, 3.8) is 0 Å². The third-order valence-electron chi connectivity index (χ3n) is 3.98. The zero-order chi connectivity index (χ0) is 15.5. The van der Waals surface area contributed by atoms with E-state index in [0.29, 0.717) is 31.0 Å². The molecule has 22 heavy (non-hydrogen) atoms. The molecule has 0 bridgehead atoms. The number of hydrogen-bond acceptors (Lipinski definition) is 3. The highest BCUT2D eigenvalue weighted by Gasteiger charge is 2.25. The molecule has 3 rings (SSSR count). The third kappa shape index (κ3) is 2.77. The number of fused-ring (bicyclic) bond motifs is 1. The summed E-state index contributed by atoms with van der Waals surface area (Å²) in [4.78, 5) is 14.2. The second-order valence-corrected chi connectivity index (χ2v) is 5.39. The molecule has 2 aromatic carbocycles. The predicted molar refractivity (Wildman–Crippen MR) is 83.9 cm³/mol. The predicted octanol–water partition coefficient (Wildman–Crippen LogP) is 2.79. The Morgan fingerprint density at radius 2 is 1.64 bits per heavy atom. The van der Waals surface area contributed by atoms with Crippen molar-refractivity contribution in [2.24, 2.45) is 0 Å². The molecule has 1 aliphatic rings. The van der Waals surface area contributed by atoms with Gasteiger partial charge in [0.1, 0.15) is 0 Å². The van der Waals surface area contributed by atoms with Crippen LogP contribution in [0.25, 0.3) is 0 Å². The summed E-state index contributed by atoms with van der Waals surface area (Å²) in [5.41, 5.74) is 3.28. The van der Waals surface area contributed by atoms with Crippen LogP contribution in [0, 0.1) is 0 Å². The fourth-order valence-corrected chi connectivity index (χ4v) is 2.79. The standard InChI is InChI=1S/C18H19NO3/c1-21-16-8-14-10-18(20)19(11-13-6-4-3-5-7-13)12-15(14)9-17(16)22-2/h3-9H,10-12H2,1-2H3. The SMILES string of the molecule is COc1cc2c(cc1OC)CN(Cc1ccccc1)C(=O)C2. The first-order chi connectivity index (χ1) is 10.7. The van der Waals surface area contributed by atoms with Gasteiger partial charge in [0, 0.05) is 13.1 Å². The van der Waals surface area contributed by atoms with Crippen LogP contribution in [-0.4, -0.2) is 25.0 Å². The summed E-state index contributed by atoms with van der Waals surface area (Å²) in [5, 5.41) is 0. The Morgan fingerprint density at radius 1 is 1.00 bits per heavy atom. The first kappa shape index (κ1) is 14.4. The largest absolute Gasteiger partial charge is 0.493 e. The molecule has 0 N–H and O–H groups in total. The van der Waals surface area contributed by atoms with Gasteiger partial charge in [-0.25, -0.2) is 0 Å². The topological polar surface area (TPSA) is 38.8 Å². The van der Waals surface area contributed by atoms with Crippen molar-refractivity contribution in [1.29, 1.82) is 0 Å². The minimum atomic E-state index is 0.142. The minimum Gasteiger partial charge on any atom is -0.493 e. The summed E-state index contributed by atoms with van der Waals surface area (Å²) in [7, 11) is 3.23. The van der Waals surface area contributed by atoms with Gasteiger partial charge in [0.05, 0.1) is 20.6 Å². The van der Waals surface area contributed by atoms with Gasteiger partial charge in [0.15, 0.2) is 11.5 Å². The van der Waals surface area contributed by atoms with Gasteiger partial charge in [0.2, 0.25) is 5.91 Å². The van der Waals surface area contributed by atoms with Crippen LogP contribution in [0.2, 0.25) is 0 Å². The van der Waals surface area contributed by atoms with Crippen LogP contribution in [0.4, 0.5) is 0 Å². The van der Waals surface area contributed by atoms with Crippen molar-refractivity contribution >= 4 is 5.91 Å². The van der Waals surface area contributed by atoms with Gasteiger partial charge in [-0.1, -0.05) is 30.3 Å². The van der Waals surface area contributed by atoms with Gasteiger partial charge in [-0.05, 0) is 28.8 Å². The number of benzene rings is 2. The molecule has 0 atom stereocenters. The molecule has 1 heterocycles. The molecule has 0 radical (unpaired) electrons. The summed E-state index contributed by atoms with van der Waals surface area (Å²) in [6.07, 6.45) is 0.405. The highest BCUT2D eigenvalue weighted by molar-refractivity contribution is 5.81. The Kier molecular flexibility index (Phi) is 4.00. The van der Waals surface area contributed by atoms with Gasteiger partial charge < -0.3 is 14.4 Å². The average molecular weight is 297 g/mol. The van der Waals surface area contributed by atoms with Crippen LogP contribution < -0.4 is 9.47 Å². The Morgan fingerprint density at radius 3 is 2.27 bits per heavy atom. The Hall–Kier alpha value is -2.49. The van der Waals surface area contributed by atoms with Crippen molar-refractivity contribution in [3.05, 3.63) is 59.2 Å². The van der Waals surface area contributed by atoms with Gasteiger partial charge in [-0.15, -0.1) is 0 Å². The smallest absolute Gasteiger partial charge is 0.227 e. The van der Waals surface area contributed by atoms with E-state index in [9.17, 15) is 4.79 Å². The molecule has 0 saturated carbocycles. The number of carbonyl (C=O) groups is 1. The maximum atomic E-state index is 12.4. The van der Waals surface area contributed by atoms with Crippen molar-refractivity contribution < 1.29 is 14.3 Å². The lowest BCUT2D eigenvalue weighted by Crippen LogP contribution is -2.35. The molecule has 0 spiro atoms. The maximum absolute atomic E-state index is 12.4. The van der Waals surface area contributed by atoms with Crippen LogP contribution in [-0.2, 0) is 24.3 Å². The molecule has 114 valence electrons. The van der Waals surface area contributed by atoms with Crippen molar-refractivity contribution in [2.75, 3.05) is 14.2 Å². The molecule has 1 aliphatic heterocycles. The molecule has 0 unspecified atom stereocenters. The first-order valence-corrected chi connectivity index (χ1v) is 7.26. The molecule has 4 heteroatoms. The second kappa shape index (κ2) is 6.10. The van der Waals surface area contributed by atoms with E-state index >= 15 is 0 Å². The van der Waals surface area contributed by atoms with E-state index in [2.05, 4.69) is 0 Å². The van der Waals surface area contributed by atoms with Crippen LogP contribution >= 0.6 is 0 Å². The first-order valence-electron chi connectivity index (χ1n) is 7.26. The number of ether oxygens (including phenoxy) is 2. The third-order valence-corrected chi connectivity index (χ3v) is 3.98. The van der Waals surface area contributed by atoms with E-state index in [1.54, 1.807) is 14.2 Å². The molecule has 0 aromatic heterocycles. The highest BCUT2D eigenvalue weighted by Crippen LogP contribution is 2.33. The van der Waals surface area contributed by atoms with Crippen LogP contribution in [0.15, 0.2) is 42.5 Å². The fourth-order valence-electron chi connectivity index (χ4n) is 2.79. The monoisotopic (exact) mass is 297 g/mol. The van der Waals surface area contributed by atoms with E-state index in [0.717, 1.165) is 16.7 Å². The zero-order valence-electron chi connectivity index (χ0n) is 12.8. The molecular formula is C18H19NO3. The quantitative estimate of drug-likeness (QED) is 0.871. The second-order valence-electron chi connectivity index (χ2n) is 5.39. The van der Waals surface area contributed by atoms with Crippen molar-refractivity contribution in [2.45, 2.75) is 19.5 Å². The molecule has 0 saturated heterocycles. The number of carbonyl (C=O) groups excluding carboxylic acids is 1. The Bertz CT molecular complexity index is 682. The number of methoxy groups -OCH3 is 2. The summed E-state index contributed by atoms with van der Waals surface area (Å²) in [6.45, 7) is 1.23. The number of rotatable bonds is 4. The molecule has 4 nitrogen and oxygen atoms in total. The van der Waals surface area contributed by atoms with Crippen LogP contribution in [0.1, 0.15) is 16.7 Å². The van der Waals surface area contributed by atoms with Crippen molar-refractivity contribution in [3.8, 4) is 11.5 Å². The summed E-state index contributed by atoms with van der Waals surface area (Å²) in [5.74, 6) is 1.52. The molecular weight excluding hydrogens is 278 g/mol. The number of amides is 1.